The average Bonchev–Trinajstić information content (AvgIpc) is 2.29. The van der Waals surface area contributed by atoms with Gasteiger partial charge in [-0.25, -0.2) is 0 Å². The third kappa shape index (κ3) is 4.34. The van der Waals surface area contributed by atoms with E-state index in [1.165, 1.54) is 0 Å². The van der Waals surface area contributed by atoms with Gasteiger partial charge in [0, 0.05) is 38.4 Å². The number of pyridine rings is 2. The van der Waals surface area contributed by atoms with E-state index in [0.717, 1.165) is 5.39 Å². The van der Waals surface area contributed by atoms with Crippen LogP contribution in [-0.2, 0) is 32.7 Å². The zero-order valence-electron chi connectivity index (χ0n) is 9.31. The molecular weight excluding hydrogens is 275 g/mol. The molecule has 0 fully saturated rings. The Morgan fingerprint density at radius 2 is 2.00 bits per heavy atom. The van der Waals surface area contributed by atoms with Gasteiger partial charge in [-0.2, -0.15) is 31.2 Å². The third-order valence-electron chi connectivity index (χ3n) is 1.53. The molecule has 3 nitrogen and oxygen atoms in total. The Bertz CT molecular complexity index is 477. The summed E-state index contributed by atoms with van der Waals surface area (Å²) in [6.07, 6.45) is 4.66. The van der Waals surface area contributed by atoms with Crippen LogP contribution >= 0.6 is 0 Å². The second-order valence-electron chi connectivity index (χ2n) is 2.87. The quantitative estimate of drug-likeness (QED) is 0.699. The van der Waals surface area contributed by atoms with Crippen molar-refractivity contribution in [3.63, 3.8) is 0 Å². The molecule has 79 valence electrons. The minimum atomic E-state index is 0. The summed E-state index contributed by atoms with van der Waals surface area (Å²) in [4.78, 5) is 7.89. The first-order valence-electron chi connectivity index (χ1n) is 4.59. The smallest absolute Gasteiger partial charge is 0.129 e. The molecule has 2 rings (SSSR count). The maximum Gasteiger partial charge on any atom is 0.129 e. The number of nitriles is 1. The summed E-state index contributed by atoms with van der Waals surface area (Å²) in [5, 5.41) is 9.47. The van der Waals surface area contributed by atoms with E-state index >= 15 is 0 Å². The third-order valence-corrected chi connectivity index (χ3v) is 1.53. The molecule has 2 aromatic rings. The van der Waals surface area contributed by atoms with Crippen LogP contribution in [0.25, 0.3) is 11.0 Å². The minimum Gasteiger partial charge on any atom is -0.369 e. The molecule has 4 heteroatoms. The zero-order valence-corrected chi connectivity index (χ0v) is 12.1. The van der Waals surface area contributed by atoms with E-state index in [4.69, 9.17) is 5.26 Å². The fourth-order valence-corrected chi connectivity index (χ4v) is 0.967. The summed E-state index contributed by atoms with van der Waals surface area (Å²) in [5.41, 5.74) is 0.950. The van der Waals surface area contributed by atoms with Gasteiger partial charge in [0.05, 0.1) is 0 Å². The zero-order chi connectivity index (χ0) is 11.1. The summed E-state index contributed by atoms with van der Waals surface area (Å²) in [5.74, 6) is 0. The predicted octanol–water partition coefficient (Wildman–Crippen LogP) is 2.53. The second-order valence-corrected chi connectivity index (χ2v) is 2.87. The van der Waals surface area contributed by atoms with Gasteiger partial charge in [0.25, 0.3) is 0 Å². The van der Waals surface area contributed by atoms with Crippen molar-refractivity contribution >= 4 is 11.0 Å². The van der Waals surface area contributed by atoms with Crippen LogP contribution in [0, 0.1) is 23.9 Å². The Morgan fingerprint density at radius 3 is 2.62 bits per heavy atom. The topological polar surface area (TPSA) is 49.6 Å². The largest absolute Gasteiger partial charge is 0.369 e. The first-order chi connectivity index (χ1) is 7.31. The van der Waals surface area contributed by atoms with Crippen LogP contribution < -0.4 is 0 Å². The van der Waals surface area contributed by atoms with Crippen molar-refractivity contribution in [1.29, 1.82) is 5.26 Å². The molecule has 0 amide bonds. The maximum atomic E-state index is 8.55. The van der Waals surface area contributed by atoms with Gasteiger partial charge in [0.1, 0.15) is 11.8 Å². The predicted molar refractivity (Wildman–Crippen MR) is 58.7 cm³/mol. The Labute approximate surface area is 121 Å². The molecule has 0 spiro atoms. The molecule has 2 aromatic heterocycles. The van der Waals surface area contributed by atoms with Gasteiger partial charge in [0.15, 0.2) is 0 Å². The van der Waals surface area contributed by atoms with Crippen LogP contribution in [0.15, 0.2) is 24.3 Å². The van der Waals surface area contributed by atoms with Crippen molar-refractivity contribution in [2.75, 3.05) is 0 Å². The number of hydrogen-bond acceptors (Lipinski definition) is 3. The number of aromatic nitrogens is 2. The van der Waals surface area contributed by atoms with Gasteiger partial charge in [-0.15, -0.1) is 0 Å². The van der Waals surface area contributed by atoms with E-state index in [0.29, 0.717) is 11.3 Å². The van der Waals surface area contributed by atoms with Crippen molar-refractivity contribution in [1.82, 2.24) is 9.97 Å². The molecule has 0 unspecified atom stereocenters. The number of fused-ring (bicyclic) bond motifs is 1. The van der Waals surface area contributed by atoms with E-state index in [1.54, 1.807) is 12.1 Å². The number of hydrogen-bond donors (Lipinski definition) is 0. The molecular formula is C12H11N3Y-2. The molecule has 1 radical (unpaired) electrons. The summed E-state index contributed by atoms with van der Waals surface area (Å²) >= 11 is 0. The average molecular weight is 286 g/mol. The molecule has 0 atom stereocenters. The molecule has 0 aliphatic carbocycles. The SMILES string of the molecule is C[CH-]C.N#Cc1ccc2cc[c-]nc2n1.[Y]. The summed E-state index contributed by atoms with van der Waals surface area (Å²) < 4.78 is 0. The molecule has 0 aliphatic rings. The van der Waals surface area contributed by atoms with Crippen LogP contribution in [0.2, 0.25) is 0 Å². The van der Waals surface area contributed by atoms with E-state index in [1.807, 2.05) is 38.5 Å². The monoisotopic (exact) mass is 286 g/mol. The Balaban J connectivity index is 0.000000511. The summed E-state index contributed by atoms with van der Waals surface area (Å²) in [6, 6.07) is 9.02. The van der Waals surface area contributed by atoms with Crippen molar-refractivity contribution in [2.45, 2.75) is 13.8 Å². The molecule has 0 bridgehead atoms. The fourth-order valence-electron chi connectivity index (χ4n) is 0.967. The second kappa shape index (κ2) is 8.32. The first kappa shape index (κ1) is 15.2. The standard InChI is InChI=1S/C9H4N3.C3H7.Y/c10-6-8-4-3-7-2-1-5-11-9(7)12-8;1-3-2;/h1-4H;3H,1-2H3;/q2*-1;. The van der Waals surface area contributed by atoms with E-state index < -0.39 is 0 Å². The van der Waals surface area contributed by atoms with Crippen LogP contribution in [0.5, 0.6) is 0 Å². The van der Waals surface area contributed by atoms with Crippen molar-refractivity contribution in [3.8, 4) is 6.07 Å². The molecule has 0 saturated carbocycles. The van der Waals surface area contributed by atoms with Gasteiger partial charge >= 0.3 is 0 Å². The molecule has 0 aromatic carbocycles. The molecule has 0 saturated heterocycles. The fraction of sp³-hybridized carbons (Fsp3) is 0.167. The van der Waals surface area contributed by atoms with E-state index in [9.17, 15) is 0 Å². The van der Waals surface area contributed by atoms with Gasteiger partial charge < -0.3 is 11.4 Å². The van der Waals surface area contributed by atoms with Crippen molar-refractivity contribution in [3.05, 3.63) is 42.6 Å². The summed E-state index contributed by atoms with van der Waals surface area (Å²) in [7, 11) is 0. The van der Waals surface area contributed by atoms with Gasteiger partial charge in [-0.3, -0.25) is 4.98 Å². The van der Waals surface area contributed by atoms with Crippen LogP contribution in [-0.4, -0.2) is 9.97 Å². The van der Waals surface area contributed by atoms with Gasteiger partial charge in [-0.05, 0) is 6.07 Å². The first-order valence-corrected chi connectivity index (χ1v) is 4.59. The Kier molecular flexibility index (Phi) is 7.88. The van der Waals surface area contributed by atoms with Crippen LogP contribution in [0.1, 0.15) is 19.5 Å². The minimum absolute atomic E-state index is 0. The molecule has 0 N–H and O–H groups in total. The molecule has 2 heterocycles. The van der Waals surface area contributed by atoms with Crippen LogP contribution in [0.3, 0.4) is 0 Å². The van der Waals surface area contributed by atoms with Gasteiger partial charge in [0.2, 0.25) is 0 Å². The molecule has 0 aliphatic heterocycles. The number of nitrogens with zero attached hydrogens (tertiary/aromatic N) is 3. The van der Waals surface area contributed by atoms with Crippen molar-refractivity contribution in [2.24, 2.45) is 0 Å². The number of rotatable bonds is 0. The van der Waals surface area contributed by atoms with E-state index in [2.05, 4.69) is 16.2 Å². The van der Waals surface area contributed by atoms with E-state index in [-0.39, 0.29) is 32.7 Å². The maximum absolute atomic E-state index is 8.55. The van der Waals surface area contributed by atoms with Crippen LogP contribution in [0.4, 0.5) is 0 Å². The Hall–Kier alpha value is -0.846. The van der Waals surface area contributed by atoms with Gasteiger partial charge in [-0.1, -0.05) is 17.6 Å². The Morgan fingerprint density at radius 1 is 1.31 bits per heavy atom. The normalized spacial score (nSPS) is 8.31. The van der Waals surface area contributed by atoms with Crippen molar-refractivity contribution < 1.29 is 32.7 Å². The molecule has 16 heavy (non-hydrogen) atoms. The summed E-state index contributed by atoms with van der Waals surface area (Å²) in [6.45, 7) is 4.00.